The Bertz CT molecular complexity index is 925. The highest BCUT2D eigenvalue weighted by Crippen LogP contribution is 2.22. The van der Waals surface area contributed by atoms with E-state index < -0.39 is 11.8 Å². The van der Waals surface area contributed by atoms with E-state index in [0.717, 1.165) is 17.4 Å². The van der Waals surface area contributed by atoms with Crippen molar-refractivity contribution in [2.45, 2.75) is 0 Å². The number of anilines is 4. The summed E-state index contributed by atoms with van der Waals surface area (Å²) in [4.78, 5) is 52.2. The minimum absolute atomic E-state index is 0.0651. The zero-order chi connectivity index (χ0) is 20.8. The van der Waals surface area contributed by atoms with Gasteiger partial charge in [-0.2, -0.15) is 15.0 Å². The Morgan fingerprint density at radius 1 is 1.21 bits per heavy atom. The molecule has 152 valence electrons. The van der Waals surface area contributed by atoms with Crippen molar-refractivity contribution in [2.24, 2.45) is 11.0 Å². The fourth-order valence-electron chi connectivity index (χ4n) is 2.31. The average molecular weight is 419 g/mol. The van der Waals surface area contributed by atoms with Crippen LogP contribution in [0.25, 0.3) is 0 Å². The van der Waals surface area contributed by atoms with Gasteiger partial charge in [0.1, 0.15) is 4.88 Å². The summed E-state index contributed by atoms with van der Waals surface area (Å²) in [6.07, 6.45) is 2.42. The molecule has 15 heteroatoms. The van der Waals surface area contributed by atoms with Crippen LogP contribution < -0.4 is 26.8 Å². The van der Waals surface area contributed by atoms with E-state index in [1.54, 1.807) is 0 Å². The van der Waals surface area contributed by atoms with E-state index in [0.29, 0.717) is 37.3 Å². The van der Waals surface area contributed by atoms with Gasteiger partial charge in [0, 0.05) is 13.1 Å². The quantitative estimate of drug-likeness (QED) is 0.248. The van der Waals surface area contributed by atoms with Gasteiger partial charge in [-0.15, -0.1) is 4.91 Å². The molecule has 1 aliphatic heterocycles. The van der Waals surface area contributed by atoms with E-state index in [2.05, 4.69) is 48.0 Å². The number of aromatic nitrogens is 4. The largest absolute Gasteiger partial charge is 0.365 e. The molecule has 0 spiro atoms. The number of hydrogen-bond donors (Lipinski definition) is 4. The minimum Gasteiger partial charge on any atom is -0.365 e. The van der Waals surface area contributed by atoms with Crippen LogP contribution in [0.15, 0.2) is 24.1 Å². The van der Waals surface area contributed by atoms with Crippen molar-refractivity contribution in [1.82, 2.24) is 30.4 Å². The first-order chi connectivity index (χ1) is 14.0. The average Bonchev–Trinajstić information content (AvgIpc) is 3.20. The number of carbonyl (C=O) groups excluding carboxylic acids is 2. The van der Waals surface area contributed by atoms with Crippen LogP contribution in [0.1, 0.15) is 9.67 Å². The smallest absolute Gasteiger partial charge is 0.261 e. The van der Waals surface area contributed by atoms with Gasteiger partial charge >= 0.3 is 0 Å². The molecular formula is C14H17N11O3S. The molecule has 2 amide bonds. The number of rotatable bonds is 8. The van der Waals surface area contributed by atoms with E-state index in [-0.39, 0.29) is 16.8 Å². The fourth-order valence-corrected chi connectivity index (χ4v) is 2.97. The van der Waals surface area contributed by atoms with Gasteiger partial charge in [-0.1, -0.05) is 17.9 Å². The molecule has 0 unspecified atom stereocenters. The molecule has 29 heavy (non-hydrogen) atoms. The third kappa shape index (κ3) is 5.10. The number of hydrogen-bond acceptors (Lipinski definition) is 12. The molecule has 0 bridgehead atoms. The highest BCUT2D eigenvalue weighted by molar-refractivity contribution is 7.17. The third-order valence-corrected chi connectivity index (χ3v) is 4.66. The maximum absolute atomic E-state index is 11.4. The number of nitrogens with two attached hydrogens (primary N) is 1. The van der Waals surface area contributed by atoms with Gasteiger partial charge in [-0.3, -0.25) is 30.8 Å². The van der Waals surface area contributed by atoms with Gasteiger partial charge in [0.05, 0.1) is 24.6 Å². The van der Waals surface area contributed by atoms with Crippen LogP contribution >= 0.6 is 11.3 Å². The highest BCUT2D eigenvalue weighted by Gasteiger charge is 2.21. The first kappa shape index (κ1) is 19.9. The van der Waals surface area contributed by atoms with Gasteiger partial charge in [-0.25, -0.2) is 4.98 Å². The zero-order valence-electron chi connectivity index (χ0n) is 15.0. The molecule has 5 N–H and O–H groups in total. The number of nitrogens with zero attached hydrogens (tertiary/aromatic N) is 7. The third-order valence-electron chi connectivity index (χ3n) is 3.73. The van der Waals surface area contributed by atoms with E-state index in [4.69, 9.17) is 5.73 Å². The van der Waals surface area contributed by atoms with Crippen molar-refractivity contribution in [3.8, 4) is 0 Å². The number of amides is 2. The fraction of sp³-hybridized carbons (Fsp3) is 0.286. The Labute approximate surface area is 168 Å². The van der Waals surface area contributed by atoms with E-state index >= 15 is 0 Å². The first-order valence-electron chi connectivity index (χ1n) is 8.29. The van der Waals surface area contributed by atoms with Crippen molar-refractivity contribution in [3.05, 3.63) is 28.6 Å². The summed E-state index contributed by atoms with van der Waals surface area (Å²) in [5, 5.41) is 7.56. The number of nitrogens with one attached hydrogen (secondary N) is 3. The van der Waals surface area contributed by atoms with Crippen LogP contribution in [0.4, 0.5) is 23.0 Å². The molecule has 3 rings (SSSR count). The van der Waals surface area contributed by atoms with Crippen molar-refractivity contribution in [1.29, 1.82) is 0 Å². The van der Waals surface area contributed by atoms with Crippen molar-refractivity contribution < 1.29 is 9.59 Å². The lowest BCUT2D eigenvalue weighted by molar-refractivity contribution is -0.116. The second-order valence-electron chi connectivity index (χ2n) is 5.64. The van der Waals surface area contributed by atoms with Crippen LogP contribution in [-0.4, -0.2) is 62.9 Å². The molecule has 0 aromatic carbocycles. The van der Waals surface area contributed by atoms with Gasteiger partial charge < -0.3 is 10.6 Å². The summed E-state index contributed by atoms with van der Waals surface area (Å²) < 4.78 is 0. The topological polar surface area (TPSA) is 184 Å². The molecular weight excluding hydrogens is 402 g/mol. The predicted octanol–water partition coefficient (Wildman–Crippen LogP) is -0.397. The lowest BCUT2D eigenvalue weighted by Gasteiger charge is -2.31. The molecule has 0 aliphatic carbocycles. The first-order valence-corrected chi connectivity index (χ1v) is 9.10. The molecule has 1 fully saturated rings. The maximum Gasteiger partial charge on any atom is 0.261 e. The second-order valence-corrected chi connectivity index (χ2v) is 6.67. The minimum atomic E-state index is -0.594. The summed E-state index contributed by atoms with van der Waals surface area (Å²) >= 11 is 1.04. The lowest BCUT2D eigenvalue weighted by Crippen LogP contribution is -2.44. The SMILES string of the molecule is C=CC(=O)NNc1nc(Nc2ncc(C(N)=O)s2)nc(N2CCN(N=O)CC2)n1. The van der Waals surface area contributed by atoms with Crippen LogP contribution in [0.3, 0.4) is 0 Å². The number of primary amides is 1. The van der Waals surface area contributed by atoms with E-state index in [1.165, 1.54) is 11.2 Å². The Hall–Kier alpha value is -3.88. The molecule has 14 nitrogen and oxygen atoms in total. The standard InChI is InChI=1S/C14H17N11O3S/c1-2-9(26)21-22-12-17-11(20-14-16-7-8(29-14)10(15)27)18-13(19-12)24-3-5-25(23-28)6-4-24/h2,7H,1,3-6H2,(H2,15,27)(H,21,26)(H2,16,17,18,19,20,22). The Kier molecular flexibility index (Phi) is 6.08. The zero-order valence-corrected chi connectivity index (χ0v) is 15.8. The Morgan fingerprint density at radius 2 is 1.93 bits per heavy atom. The molecule has 1 aliphatic rings. The number of piperazine rings is 1. The summed E-state index contributed by atoms with van der Waals surface area (Å²) in [5.41, 5.74) is 10.2. The van der Waals surface area contributed by atoms with Gasteiger partial charge in [-0.05, 0) is 6.08 Å². The van der Waals surface area contributed by atoms with Crippen LogP contribution in [-0.2, 0) is 4.79 Å². The molecule has 3 heterocycles. The second kappa shape index (κ2) is 8.87. The summed E-state index contributed by atoms with van der Waals surface area (Å²) in [6.45, 7) is 5.14. The van der Waals surface area contributed by atoms with Gasteiger partial charge in [0.25, 0.3) is 11.8 Å². The van der Waals surface area contributed by atoms with E-state index in [9.17, 15) is 14.5 Å². The number of thiazole rings is 1. The number of carbonyl (C=O) groups is 2. The summed E-state index contributed by atoms with van der Waals surface area (Å²) in [5.74, 6) is -0.557. The van der Waals surface area contributed by atoms with Crippen molar-refractivity contribution >= 4 is 46.1 Å². The number of hydrazine groups is 1. The summed E-state index contributed by atoms with van der Waals surface area (Å²) in [6, 6.07) is 0. The summed E-state index contributed by atoms with van der Waals surface area (Å²) in [7, 11) is 0. The molecule has 0 radical (unpaired) electrons. The highest BCUT2D eigenvalue weighted by atomic mass is 32.1. The van der Waals surface area contributed by atoms with Crippen LogP contribution in [0, 0.1) is 4.91 Å². The molecule has 2 aromatic heterocycles. The van der Waals surface area contributed by atoms with Gasteiger partial charge in [0.2, 0.25) is 17.8 Å². The molecule has 1 saturated heterocycles. The van der Waals surface area contributed by atoms with Crippen LogP contribution in [0.5, 0.6) is 0 Å². The predicted molar refractivity (Wildman–Crippen MR) is 105 cm³/mol. The van der Waals surface area contributed by atoms with Gasteiger partial charge in [0.15, 0.2) is 5.13 Å². The van der Waals surface area contributed by atoms with Crippen molar-refractivity contribution in [3.63, 3.8) is 0 Å². The monoisotopic (exact) mass is 419 g/mol. The molecule has 0 atom stereocenters. The van der Waals surface area contributed by atoms with Crippen molar-refractivity contribution in [2.75, 3.05) is 41.8 Å². The van der Waals surface area contributed by atoms with E-state index in [1.807, 2.05) is 4.90 Å². The van der Waals surface area contributed by atoms with Crippen LogP contribution in [0.2, 0.25) is 0 Å². The number of nitroso groups, excluding NO2 is 1. The normalized spacial score (nSPS) is 13.5. The molecule has 2 aromatic rings. The Balaban J connectivity index is 1.83. The maximum atomic E-state index is 11.4. The molecule has 0 saturated carbocycles. The lowest BCUT2D eigenvalue weighted by atomic mass is 10.4. The Morgan fingerprint density at radius 3 is 2.55 bits per heavy atom.